The van der Waals surface area contributed by atoms with Gasteiger partial charge in [-0.15, -0.1) is 11.8 Å². The molecule has 0 N–H and O–H groups in total. The predicted octanol–water partition coefficient (Wildman–Crippen LogP) is 2.88. The topological polar surface area (TPSA) is 32.3 Å². The summed E-state index contributed by atoms with van der Waals surface area (Å²) in [7, 11) is 4.32. The van der Waals surface area contributed by atoms with Gasteiger partial charge < -0.3 is 9.80 Å². The van der Waals surface area contributed by atoms with E-state index in [0.717, 1.165) is 36.2 Å². The Kier molecular flexibility index (Phi) is 3.80. The molecule has 1 fully saturated rings. The first-order chi connectivity index (χ1) is 10.0. The van der Waals surface area contributed by atoms with E-state index in [0.29, 0.717) is 0 Å². The molecule has 0 bridgehead atoms. The molecule has 1 aromatic heterocycles. The molecule has 1 atom stereocenters. The summed E-state index contributed by atoms with van der Waals surface area (Å²) in [5.74, 6) is 1.07. The number of likely N-dealkylation sites (N-methyl/N-ethyl adjacent to an activating group) is 1. The van der Waals surface area contributed by atoms with Gasteiger partial charge in [0.1, 0.15) is 12.1 Å². The maximum atomic E-state index is 4.58. The van der Waals surface area contributed by atoms with Crippen molar-refractivity contribution in [2.24, 2.45) is 0 Å². The molecule has 2 heterocycles. The lowest BCUT2D eigenvalue weighted by Gasteiger charge is -2.32. The highest BCUT2D eigenvalue weighted by Crippen LogP contribution is 2.33. The van der Waals surface area contributed by atoms with Crippen LogP contribution in [0.2, 0.25) is 0 Å². The highest BCUT2D eigenvalue weighted by atomic mass is 32.2. The zero-order valence-corrected chi connectivity index (χ0v) is 13.9. The third-order valence-electron chi connectivity index (χ3n) is 4.65. The number of benzene rings is 1. The van der Waals surface area contributed by atoms with Crippen LogP contribution in [0.3, 0.4) is 0 Å². The second-order valence-electron chi connectivity index (χ2n) is 6.14. The van der Waals surface area contributed by atoms with Gasteiger partial charge in [0.2, 0.25) is 0 Å². The Bertz CT molecular complexity index is 658. The van der Waals surface area contributed by atoms with Crippen molar-refractivity contribution in [1.29, 1.82) is 0 Å². The van der Waals surface area contributed by atoms with Crippen LogP contribution in [0.25, 0.3) is 10.9 Å². The third-order valence-corrected chi connectivity index (χ3v) is 5.38. The number of hydrogen-bond donors (Lipinski definition) is 0. The van der Waals surface area contributed by atoms with Crippen LogP contribution in [-0.2, 0) is 0 Å². The van der Waals surface area contributed by atoms with Crippen LogP contribution in [0.5, 0.6) is 0 Å². The van der Waals surface area contributed by atoms with Crippen LogP contribution in [0.4, 0.5) is 5.82 Å². The van der Waals surface area contributed by atoms with Crippen molar-refractivity contribution in [3.05, 3.63) is 24.5 Å². The van der Waals surface area contributed by atoms with Gasteiger partial charge in [-0.05, 0) is 51.9 Å². The average Bonchev–Trinajstić information content (AvgIpc) is 2.90. The molecule has 0 spiro atoms. The molecule has 21 heavy (non-hydrogen) atoms. The van der Waals surface area contributed by atoms with Gasteiger partial charge in [0.25, 0.3) is 0 Å². The number of thioether (sulfide) groups is 1. The smallest absolute Gasteiger partial charge is 0.139 e. The molecular formula is C16H22N4S. The number of hydrogen-bond acceptors (Lipinski definition) is 5. The molecule has 1 saturated heterocycles. The van der Waals surface area contributed by atoms with E-state index >= 15 is 0 Å². The van der Waals surface area contributed by atoms with Gasteiger partial charge in [0.05, 0.1) is 5.52 Å². The molecule has 0 aliphatic carbocycles. The zero-order chi connectivity index (χ0) is 15.0. The van der Waals surface area contributed by atoms with Gasteiger partial charge in [-0.1, -0.05) is 0 Å². The molecule has 5 heteroatoms. The average molecular weight is 302 g/mol. The van der Waals surface area contributed by atoms with Gasteiger partial charge in [0.15, 0.2) is 0 Å². The van der Waals surface area contributed by atoms with Gasteiger partial charge in [-0.2, -0.15) is 0 Å². The molecule has 112 valence electrons. The first-order valence-corrected chi connectivity index (χ1v) is 8.47. The van der Waals surface area contributed by atoms with E-state index in [1.807, 2.05) is 0 Å². The van der Waals surface area contributed by atoms with Crippen LogP contribution in [-0.4, -0.2) is 53.8 Å². The standard InChI is InChI=1S/C16H22N4S/c1-16(19(2)3)7-8-20(10-16)15-13-9-12(21-4)5-6-14(13)17-11-18-15/h5-6,9,11H,7-8,10H2,1-4H3. The van der Waals surface area contributed by atoms with Crippen molar-refractivity contribution in [3.8, 4) is 0 Å². The Morgan fingerprint density at radius 2 is 2.10 bits per heavy atom. The fourth-order valence-electron chi connectivity index (χ4n) is 2.89. The van der Waals surface area contributed by atoms with E-state index in [2.05, 4.69) is 65.2 Å². The third kappa shape index (κ3) is 2.60. The van der Waals surface area contributed by atoms with Crippen molar-refractivity contribution in [2.75, 3.05) is 38.3 Å². The minimum Gasteiger partial charge on any atom is -0.354 e. The van der Waals surface area contributed by atoms with Crippen molar-refractivity contribution in [2.45, 2.75) is 23.8 Å². The number of rotatable bonds is 3. The molecule has 0 radical (unpaired) electrons. The van der Waals surface area contributed by atoms with E-state index in [1.165, 1.54) is 4.90 Å². The number of aromatic nitrogens is 2. The summed E-state index contributed by atoms with van der Waals surface area (Å²) in [5, 5.41) is 1.16. The first kappa shape index (κ1) is 14.6. The summed E-state index contributed by atoms with van der Waals surface area (Å²) in [6, 6.07) is 6.42. The van der Waals surface area contributed by atoms with E-state index in [4.69, 9.17) is 0 Å². The Morgan fingerprint density at radius 1 is 1.29 bits per heavy atom. The van der Waals surface area contributed by atoms with Gasteiger partial charge in [-0.3, -0.25) is 0 Å². The molecule has 4 nitrogen and oxygen atoms in total. The fourth-order valence-corrected chi connectivity index (χ4v) is 3.33. The lowest BCUT2D eigenvalue weighted by atomic mass is 10.0. The largest absolute Gasteiger partial charge is 0.354 e. The Morgan fingerprint density at radius 3 is 2.76 bits per heavy atom. The summed E-state index contributed by atoms with van der Waals surface area (Å²) in [4.78, 5) is 15.0. The summed E-state index contributed by atoms with van der Waals surface area (Å²) in [5.41, 5.74) is 1.24. The van der Waals surface area contributed by atoms with E-state index in [-0.39, 0.29) is 5.54 Å². The van der Waals surface area contributed by atoms with E-state index in [9.17, 15) is 0 Å². The molecular weight excluding hydrogens is 280 g/mol. The van der Waals surface area contributed by atoms with Crippen molar-refractivity contribution >= 4 is 28.5 Å². The van der Waals surface area contributed by atoms with Crippen molar-refractivity contribution < 1.29 is 0 Å². The monoisotopic (exact) mass is 302 g/mol. The molecule has 1 aromatic carbocycles. The van der Waals surface area contributed by atoms with Gasteiger partial charge >= 0.3 is 0 Å². The SMILES string of the molecule is CSc1ccc2ncnc(N3CCC(C)(N(C)C)C3)c2c1. The van der Waals surface area contributed by atoms with Crippen molar-refractivity contribution in [3.63, 3.8) is 0 Å². The van der Waals surface area contributed by atoms with Crippen LogP contribution >= 0.6 is 11.8 Å². The second kappa shape index (κ2) is 5.46. The van der Waals surface area contributed by atoms with Crippen molar-refractivity contribution in [1.82, 2.24) is 14.9 Å². The number of nitrogens with zero attached hydrogens (tertiary/aromatic N) is 4. The Hall–Kier alpha value is -1.33. The number of anilines is 1. The summed E-state index contributed by atoms with van der Waals surface area (Å²) in [6.45, 7) is 4.38. The summed E-state index contributed by atoms with van der Waals surface area (Å²) in [6.07, 6.45) is 4.94. The fraction of sp³-hybridized carbons (Fsp3) is 0.500. The minimum absolute atomic E-state index is 0.217. The lowest BCUT2D eigenvalue weighted by molar-refractivity contribution is 0.198. The van der Waals surface area contributed by atoms with Crippen LogP contribution in [0, 0.1) is 0 Å². The maximum absolute atomic E-state index is 4.58. The second-order valence-corrected chi connectivity index (χ2v) is 7.02. The highest BCUT2D eigenvalue weighted by molar-refractivity contribution is 7.98. The molecule has 1 aliphatic rings. The quantitative estimate of drug-likeness (QED) is 0.814. The summed E-state index contributed by atoms with van der Waals surface area (Å²) >= 11 is 1.76. The first-order valence-electron chi connectivity index (χ1n) is 7.25. The lowest BCUT2D eigenvalue weighted by Crippen LogP contribution is -2.43. The minimum atomic E-state index is 0.217. The molecule has 2 aromatic rings. The molecule has 0 saturated carbocycles. The molecule has 1 unspecified atom stereocenters. The van der Waals surface area contributed by atoms with Gasteiger partial charge in [-0.25, -0.2) is 9.97 Å². The normalized spacial score (nSPS) is 22.4. The molecule has 1 aliphatic heterocycles. The highest BCUT2D eigenvalue weighted by Gasteiger charge is 2.36. The van der Waals surface area contributed by atoms with Gasteiger partial charge in [0, 0.05) is 28.9 Å². The molecule has 0 amide bonds. The molecule has 3 rings (SSSR count). The number of fused-ring (bicyclic) bond motifs is 1. The van der Waals surface area contributed by atoms with Crippen LogP contribution in [0.15, 0.2) is 29.4 Å². The van der Waals surface area contributed by atoms with E-state index < -0.39 is 0 Å². The maximum Gasteiger partial charge on any atom is 0.139 e. The summed E-state index contributed by atoms with van der Waals surface area (Å²) < 4.78 is 0. The van der Waals surface area contributed by atoms with E-state index in [1.54, 1.807) is 18.1 Å². The van der Waals surface area contributed by atoms with Crippen LogP contribution in [0.1, 0.15) is 13.3 Å². The predicted molar refractivity (Wildman–Crippen MR) is 90.2 cm³/mol. The Balaban J connectivity index is 2.01. The zero-order valence-electron chi connectivity index (χ0n) is 13.1. The van der Waals surface area contributed by atoms with Crippen LogP contribution < -0.4 is 4.90 Å². The Labute approximate surface area is 130 Å².